The van der Waals surface area contributed by atoms with E-state index in [4.69, 9.17) is 14.2 Å². The number of benzene rings is 1. The van der Waals surface area contributed by atoms with E-state index in [0.29, 0.717) is 50.0 Å². The number of carbonyl (C=O) groups excluding carboxylic acids is 1. The summed E-state index contributed by atoms with van der Waals surface area (Å²) in [6.07, 6.45) is -0.0822. The molecule has 1 aromatic rings. The normalized spacial score (nSPS) is 18.2. The van der Waals surface area contributed by atoms with Crippen LogP contribution in [-0.2, 0) is 14.3 Å². The molecule has 1 atom stereocenters. The van der Waals surface area contributed by atoms with Crippen molar-refractivity contribution in [2.24, 2.45) is 5.92 Å². The molecule has 2 N–H and O–H groups in total. The molecule has 8 nitrogen and oxygen atoms in total. The molecule has 0 aliphatic carbocycles. The number of amides is 1. The Labute approximate surface area is 139 Å². The summed E-state index contributed by atoms with van der Waals surface area (Å²) in [7, 11) is 0. The number of aliphatic carboxylic acids is 1. The van der Waals surface area contributed by atoms with Gasteiger partial charge in [-0.3, -0.25) is 14.5 Å². The number of fused-ring (bicyclic) bond motifs is 1. The molecule has 1 aromatic carbocycles. The minimum atomic E-state index is -0.970. The molecule has 3 rings (SSSR count). The molecule has 0 unspecified atom stereocenters. The summed E-state index contributed by atoms with van der Waals surface area (Å²) in [5, 5.41) is 12.1. The number of hydrogen-bond donors (Lipinski definition) is 2. The Bertz CT molecular complexity index is 615. The summed E-state index contributed by atoms with van der Waals surface area (Å²) in [5.41, 5.74) is 0.555. The van der Waals surface area contributed by atoms with Gasteiger partial charge in [-0.15, -0.1) is 0 Å². The second-order valence-corrected chi connectivity index (χ2v) is 5.77. The maximum Gasteiger partial charge on any atom is 0.308 e. The highest BCUT2D eigenvalue weighted by molar-refractivity contribution is 5.93. The van der Waals surface area contributed by atoms with E-state index in [1.54, 1.807) is 18.2 Å². The van der Waals surface area contributed by atoms with Gasteiger partial charge in [-0.25, -0.2) is 0 Å². The van der Waals surface area contributed by atoms with Crippen LogP contribution >= 0.6 is 0 Å². The van der Waals surface area contributed by atoms with Gasteiger partial charge in [0.1, 0.15) is 0 Å². The minimum absolute atomic E-state index is 0.0822. The highest BCUT2D eigenvalue weighted by Gasteiger charge is 2.25. The molecule has 130 valence electrons. The highest BCUT2D eigenvalue weighted by atomic mass is 16.7. The van der Waals surface area contributed by atoms with E-state index in [1.807, 2.05) is 4.90 Å². The van der Waals surface area contributed by atoms with Gasteiger partial charge in [0, 0.05) is 37.8 Å². The Kier molecular flexibility index (Phi) is 5.17. The third kappa shape index (κ3) is 4.15. The van der Waals surface area contributed by atoms with E-state index < -0.39 is 11.9 Å². The summed E-state index contributed by atoms with van der Waals surface area (Å²) in [4.78, 5) is 25.6. The summed E-state index contributed by atoms with van der Waals surface area (Å²) >= 11 is 0. The fourth-order valence-corrected chi connectivity index (χ4v) is 2.74. The Morgan fingerprint density at radius 3 is 2.71 bits per heavy atom. The van der Waals surface area contributed by atoms with Crippen LogP contribution in [0.1, 0.15) is 6.42 Å². The first-order chi connectivity index (χ1) is 11.6. The largest absolute Gasteiger partial charge is 0.481 e. The maximum absolute atomic E-state index is 12.2. The molecule has 2 aliphatic heterocycles. The van der Waals surface area contributed by atoms with Crippen molar-refractivity contribution in [2.75, 3.05) is 45.0 Å². The van der Waals surface area contributed by atoms with Crippen molar-refractivity contribution in [3.8, 4) is 11.5 Å². The first-order valence-corrected chi connectivity index (χ1v) is 7.84. The van der Waals surface area contributed by atoms with Gasteiger partial charge in [0.2, 0.25) is 12.7 Å². The molecule has 1 fully saturated rings. The Morgan fingerprint density at radius 1 is 1.21 bits per heavy atom. The molecule has 2 heterocycles. The van der Waals surface area contributed by atoms with Crippen molar-refractivity contribution >= 4 is 17.6 Å². The Morgan fingerprint density at radius 2 is 1.96 bits per heavy atom. The lowest BCUT2D eigenvalue weighted by atomic mass is 10.0. The van der Waals surface area contributed by atoms with Crippen LogP contribution in [0.4, 0.5) is 5.69 Å². The zero-order valence-electron chi connectivity index (χ0n) is 13.2. The number of nitrogens with one attached hydrogen (secondary N) is 1. The molecule has 1 saturated heterocycles. The third-order valence-corrected chi connectivity index (χ3v) is 4.02. The van der Waals surface area contributed by atoms with Crippen LogP contribution in [0.2, 0.25) is 0 Å². The van der Waals surface area contributed by atoms with Crippen molar-refractivity contribution in [2.45, 2.75) is 6.42 Å². The van der Waals surface area contributed by atoms with Gasteiger partial charge in [-0.1, -0.05) is 0 Å². The van der Waals surface area contributed by atoms with E-state index in [0.717, 1.165) is 0 Å². The number of hydrogen-bond acceptors (Lipinski definition) is 6. The van der Waals surface area contributed by atoms with Gasteiger partial charge in [0.25, 0.3) is 0 Å². The van der Waals surface area contributed by atoms with Crippen molar-refractivity contribution in [3.05, 3.63) is 18.2 Å². The summed E-state index contributed by atoms with van der Waals surface area (Å²) < 4.78 is 15.7. The topological polar surface area (TPSA) is 97.3 Å². The van der Waals surface area contributed by atoms with Crippen LogP contribution in [0.3, 0.4) is 0 Å². The number of nitrogens with zero attached hydrogens (tertiary/aromatic N) is 1. The average molecular weight is 336 g/mol. The maximum atomic E-state index is 12.2. The van der Waals surface area contributed by atoms with Gasteiger partial charge in [0.15, 0.2) is 11.5 Å². The Hall–Kier alpha value is -2.32. The number of carboxylic acids is 1. The van der Waals surface area contributed by atoms with Crippen molar-refractivity contribution < 1.29 is 28.9 Å². The quantitative estimate of drug-likeness (QED) is 0.792. The number of morpholine rings is 1. The first-order valence-electron chi connectivity index (χ1n) is 7.84. The van der Waals surface area contributed by atoms with Gasteiger partial charge < -0.3 is 24.6 Å². The van der Waals surface area contributed by atoms with Crippen LogP contribution in [-0.4, -0.2) is 61.5 Å². The molecule has 0 spiro atoms. The monoisotopic (exact) mass is 336 g/mol. The number of carbonyl (C=O) groups is 2. The lowest BCUT2D eigenvalue weighted by molar-refractivity contribution is -0.144. The molecule has 0 radical (unpaired) electrons. The van der Waals surface area contributed by atoms with Gasteiger partial charge >= 0.3 is 5.97 Å². The van der Waals surface area contributed by atoms with Crippen LogP contribution in [0.5, 0.6) is 11.5 Å². The predicted molar refractivity (Wildman–Crippen MR) is 84.2 cm³/mol. The minimum Gasteiger partial charge on any atom is -0.481 e. The van der Waals surface area contributed by atoms with Crippen LogP contribution in [0.25, 0.3) is 0 Å². The number of anilines is 1. The summed E-state index contributed by atoms with van der Waals surface area (Å²) in [6.45, 7) is 3.06. The molecule has 8 heteroatoms. The molecular weight excluding hydrogens is 316 g/mol. The van der Waals surface area contributed by atoms with E-state index in [1.165, 1.54) is 0 Å². The van der Waals surface area contributed by atoms with Crippen molar-refractivity contribution in [3.63, 3.8) is 0 Å². The smallest absolute Gasteiger partial charge is 0.308 e. The molecule has 0 saturated carbocycles. The fraction of sp³-hybridized carbons (Fsp3) is 0.500. The number of carboxylic acid groups (broad SMARTS) is 1. The molecular formula is C16H20N2O6. The molecule has 1 amide bonds. The second-order valence-electron chi connectivity index (χ2n) is 5.77. The third-order valence-electron chi connectivity index (χ3n) is 4.02. The fourth-order valence-electron chi connectivity index (χ4n) is 2.74. The van der Waals surface area contributed by atoms with Gasteiger partial charge in [0.05, 0.1) is 19.1 Å². The van der Waals surface area contributed by atoms with Crippen LogP contribution in [0.15, 0.2) is 18.2 Å². The highest BCUT2D eigenvalue weighted by Crippen LogP contribution is 2.34. The van der Waals surface area contributed by atoms with E-state index in [9.17, 15) is 14.7 Å². The zero-order valence-corrected chi connectivity index (χ0v) is 13.2. The summed E-state index contributed by atoms with van der Waals surface area (Å²) in [5.74, 6) is -0.867. The molecule has 0 aromatic heterocycles. The van der Waals surface area contributed by atoms with E-state index in [-0.39, 0.29) is 19.1 Å². The molecule has 2 aliphatic rings. The van der Waals surface area contributed by atoms with Crippen molar-refractivity contribution in [1.29, 1.82) is 0 Å². The zero-order chi connectivity index (χ0) is 16.9. The SMILES string of the molecule is O=C(C[C@@H](CN1CCOCC1)C(=O)O)Nc1ccc2c(c1)OCO2. The van der Waals surface area contributed by atoms with Gasteiger partial charge in [-0.2, -0.15) is 0 Å². The molecule has 24 heavy (non-hydrogen) atoms. The average Bonchev–Trinajstić information content (AvgIpc) is 3.02. The van der Waals surface area contributed by atoms with E-state index in [2.05, 4.69) is 5.32 Å². The number of ether oxygens (including phenoxy) is 3. The lowest BCUT2D eigenvalue weighted by Gasteiger charge is -2.28. The predicted octanol–water partition coefficient (Wildman–Crippen LogP) is 0.777. The van der Waals surface area contributed by atoms with E-state index >= 15 is 0 Å². The Balaban J connectivity index is 1.56. The molecule has 0 bridgehead atoms. The first kappa shape index (κ1) is 16.5. The van der Waals surface area contributed by atoms with Crippen molar-refractivity contribution in [1.82, 2.24) is 4.90 Å². The van der Waals surface area contributed by atoms with Gasteiger partial charge in [-0.05, 0) is 12.1 Å². The second kappa shape index (κ2) is 7.50. The lowest BCUT2D eigenvalue weighted by Crippen LogP contribution is -2.41. The summed E-state index contributed by atoms with van der Waals surface area (Å²) in [6, 6.07) is 5.07. The van der Waals surface area contributed by atoms with Crippen LogP contribution in [0, 0.1) is 5.92 Å². The van der Waals surface area contributed by atoms with Crippen LogP contribution < -0.4 is 14.8 Å². The number of rotatable bonds is 6. The standard InChI is InChI=1S/C16H20N2O6/c19-15(17-12-1-2-13-14(8-12)24-10-23-13)7-11(16(20)21)9-18-3-5-22-6-4-18/h1-2,8,11H,3-7,9-10H2,(H,17,19)(H,20,21)/t11-/m0/s1.